The SMILES string of the molecule is CC(=O)N1c2ccc(S(=O)(=O)NCCC(=O)N[C@H](C)c3ccccc3)cc2C[C@H]1C. The van der Waals surface area contributed by atoms with Crippen molar-refractivity contribution in [2.75, 3.05) is 11.4 Å². The predicted octanol–water partition coefficient (Wildman–Crippen LogP) is 2.53. The van der Waals surface area contributed by atoms with Crippen LogP contribution in [-0.2, 0) is 26.0 Å². The molecule has 2 aromatic carbocycles. The van der Waals surface area contributed by atoms with Crippen molar-refractivity contribution in [2.45, 2.75) is 50.6 Å². The van der Waals surface area contributed by atoms with Crippen LogP contribution in [0.2, 0.25) is 0 Å². The molecule has 1 aliphatic rings. The van der Waals surface area contributed by atoms with Crippen molar-refractivity contribution in [3.8, 4) is 0 Å². The van der Waals surface area contributed by atoms with E-state index in [4.69, 9.17) is 0 Å². The molecular weight excluding hydrogens is 402 g/mol. The second-order valence-corrected chi connectivity index (χ2v) is 9.35. The first kappa shape index (κ1) is 22.0. The van der Waals surface area contributed by atoms with Gasteiger partial charge in [0, 0.05) is 31.6 Å². The van der Waals surface area contributed by atoms with E-state index in [0.29, 0.717) is 6.42 Å². The lowest BCUT2D eigenvalue weighted by Gasteiger charge is -2.20. The third-order valence-electron chi connectivity index (χ3n) is 5.24. The van der Waals surface area contributed by atoms with Crippen LogP contribution in [0.5, 0.6) is 0 Å². The van der Waals surface area contributed by atoms with E-state index in [0.717, 1.165) is 16.8 Å². The van der Waals surface area contributed by atoms with Crippen LogP contribution in [0.4, 0.5) is 5.69 Å². The number of benzene rings is 2. The largest absolute Gasteiger partial charge is 0.350 e. The summed E-state index contributed by atoms with van der Waals surface area (Å²) in [6.45, 7) is 5.32. The van der Waals surface area contributed by atoms with Gasteiger partial charge in [0.25, 0.3) is 0 Å². The van der Waals surface area contributed by atoms with E-state index in [9.17, 15) is 18.0 Å². The Bertz CT molecular complexity index is 1040. The zero-order chi connectivity index (χ0) is 21.9. The van der Waals surface area contributed by atoms with E-state index < -0.39 is 10.0 Å². The van der Waals surface area contributed by atoms with Crippen LogP contribution in [0.25, 0.3) is 0 Å². The van der Waals surface area contributed by atoms with Crippen molar-refractivity contribution in [3.63, 3.8) is 0 Å². The molecule has 2 N–H and O–H groups in total. The van der Waals surface area contributed by atoms with Crippen molar-refractivity contribution in [1.82, 2.24) is 10.0 Å². The molecule has 0 bridgehead atoms. The van der Waals surface area contributed by atoms with E-state index >= 15 is 0 Å². The fraction of sp³-hybridized carbons (Fsp3) is 0.364. The number of carbonyl (C=O) groups excluding carboxylic acids is 2. The van der Waals surface area contributed by atoms with Crippen molar-refractivity contribution in [3.05, 3.63) is 59.7 Å². The van der Waals surface area contributed by atoms with Gasteiger partial charge >= 0.3 is 0 Å². The minimum Gasteiger partial charge on any atom is -0.350 e. The Labute approximate surface area is 177 Å². The highest BCUT2D eigenvalue weighted by Crippen LogP contribution is 2.33. The van der Waals surface area contributed by atoms with Gasteiger partial charge in [0.05, 0.1) is 10.9 Å². The molecule has 0 aromatic heterocycles. The van der Waals surface area contributed by atoms with Gasteiger partial charge in [-0.1, -0.05) is 30.3 Å². The minimum atomic E-state index is -3.75. The van der Waals surface area contributed by atoms with Crippen molar-refractivity contribution in [1.29, 1.82) is 0 Å². The third kappa shape index (κ3) is 4.88. The van der Waals surface area contributed by atoms with Gasteiger partial charge in [-0.05, 0) is 49.6 Å². The lowest BCUT2D eigenvalue weighted by Crippen LogP contribution is -2.33. The molecule has 2 amide bonds. The Kier molecular flexibility index (Phi) is 6.58. The van der Waals surface area contributed by atoms with Crippen molar-refractivity contribution >= 4 is 27.5 Å². The van der Waals surface area contributed by atoms with Gasteiger partial charge in [-0.3, -0.25) is 9.59 Å². The zero-order valence-corrected chi connectivity index (χ0v) is 18.2. The highest BCUT2D eigenvalue weighted by atomic mass is 32.2. The van der Waals surface area contributed by atoms with Crippen molar-refractivity contribution in [2.24, 2.45) is 0 Å². The van der Waals surface area contributed by atoms with E-state index in [1.165, 1.54) is 13.0 Å². The summed E-state index contributed by atoms with van der Waals surface area (Å²) in [7, 11) is -3.75. The number of nitrogens with one attached hydrogen (secondary N) is 2. The molecule has 30 heavy (non-hydrogen) atoms. The van der Waals surface area contributed by atoms with Gasteiger partial charge in [-0.2, -0.15) is 0 Å². The summed E-state index contributed by atoms with van der Waals surface area (Å²) in [4.78, 5) is 25.8. The summed E-state index contributed by atoms with van der Waals surface area (Å²) in [6, 6.07) is 14.2. The summed E-state index contributed by atoms with van der Waals surface area (Å²) < 4.78 is 27.7. The molecule has 0 radical (unpaired) electrons. The molecule has 0 unspecified atom stereocenters. The minimum absolute atomic E-state index is 0.00119. The number of anilines is 1. The highest BCUT2D eigenvalue weighted by Gasteiger charge is 2.30. The molecule has 0 aliphatic carbocycles. The maximum atomic E-state index is 12.6. The van der Waals surface area contributed by atoms with Crippen LogP contribution in [0.15, 0.2) is 53.4 Å². The van der Waals surface area contributed by atoms with Gasteiger partial charge in [-0.25, -0.2) is 13.1 Å². The summed E-state index contributed by atoms with van der Waals surface area (Å²) in [6.07, 6.45) is 0.647. The first-order valence-electron chi connectivity index (χ1n) is 9.95. The first-order valence-corrected chi connectivity index (χ1v) is 11.4. The van der Waals surface area contributed by atoms with Crippen LogP contribution in [0, 0.1) is 0 Å². The highest BCUT2D eigenvalue weighted by molar-refractivity contribution is 7.89. The van der Waals surface area contributed by atoms with Crippen LogP contribution in [0.1, 0.15) is 44.4 Å². The van der Waals surface area contributed by atoms with Gasteiger partial charge < -0.3 is 10.2 Å². The summed E-state index contributed by atoms with van der Waals surface area (Å²) in [5, 5.41) is 2.87. The smallest absolute Gasteiger partial charge is 0.240 e. The summed E-state index contributed by atoms with van der Waals surface area (Å²) in [5.74, 6) is -0.292. The van der Waals surface area contributed by atoms with E-state index in [1.54, 1.807) is 17.0 Å². The molecule has 2 atom stereocenters. The monoisotopic (exact) mass is 429 g/mol. The number of hydrogen-bond acceptors (Lipinski definition) is 4. The number of fused-ring (bicyclic) bond motifs is 1. The standard InChI is InChI=1S/C22H27N3O4S/c1-15-13-19-14-20(9-10-21(19)25(15)17(3)26)30(28,29)23-12-11-22(27)24-16(2)18-7-5-4-6-8-18/h4-10,14-16,23H,11-13H2,1-3H3,(H,24,27)/t15-,16-/m1/s1. The number of nitrogens with zero attached hydrogens (tertiary/aromatic N) is 1. The second kappa shape index (κ2) is 8.97. The predicted molar refractivity (Wildman–Crippen MR) is 116 cm³/mol. The molecule has 0 saturated carbocycles. The number of sulfonamides is 1. The van der Waals surface area contributed by atoms with E-state index in [2.05, 4.69) is 10.0 Å². The topological polar surface area (TPSA) is 95.6 Å². The lowest BCUT2D eigenvalue weighted by atomic mass is 10.1. The van der Waals surface area contributed by atoms with Crippen LogP contribution < -0.4 is 14.9 Å². The molecule has 0 spiro atoms. The van der Waals surface area contributed by atoms with Crippen LogP contribution in [-0.4, -0.2) is 32.8 Å². The molecule has 0 saturated heterocycles. The van der Waals surface area contributed by atoms with Gasteiger partial charge in [-0.15, -0.1) is 0 Å². The molecule has 8 heteroatoms. The number of amides is 2. The third-order valence-corrected chi connectivity index (χ3v) is 6.70. The molecule has 7 nitrogen and oxygen atoms in total. The fourth-order valence-corrected chi connectivity index (χ4v) is 4.86. The first-order chi connectivity index (χ1) is 14.2. The Hall–Kier alpha value is -2.71. The van der Waals surface area contributed by atoms with Crippen LogP contribution >= 0.6 is 0 Å². The molecule has 2 aromatic rings. The average molecular weight is 430 g/mol. The Balaban J connectivity index is 1.58. The fourth-order valence-electron chi connectivity index (χ4n) is 3.78. The normalized spacial score (nSPS) is 16.8. The van der Waals surface area contributed by atoms with Gasteiger partial charge in [0.2, 0.25) is 21.8 Å². The molecular formula is C22H27N3O4S. The van der Waals surface area contributed by atoms with Crippen LogP contribution in [0.3, 0.4) is 0 Å². The average Bonchev–Trinajstić information content (AvgIpc) is 3.03. The Morgan fingerprint density at radius 3 is 2.53 bits per heavy atom. The number of rotatable bonds is 7. The second-order valence-electron chi connectivity index (χ2n) is 7.58. The van der Waals surface area contributed by atoms with Crippen molar-refractivity contribution < 1.29 is 18.0 Å². The lowest BCUT2D eigenvalue weighted by molar-refractivity contribution is -0.121. The summed E-state index contributed by atoms with van der Waals surface area (Å²) >= 11 is 0. The summed E-state index contributed by atoms with van der Waals surface area (Å²) in [5.41, 5.74) is 2.57. The Morgan fingerprint density at radius 2 is 1.87 bits per heavy atom. The number of hydrogen-bond donors (Lipinski definition) is 2. The number of carbonyl (C=O) groups is 2. The van der Waals surface area contributed by atoms with Gasteiger partial charge in [0.15, 0.2) is 0 Å². The van der Waals surface area contributed by atoms with E-state index in [-0.39, 0.29) is 41.8 Å². The molecule has 0 fully saturated rings. The van der Waals surface area contributed by atoms with E-state index in [1.807, 2.05) is 44.2 Å². The Morgan fingerprint density at radius 1 is 1.17 bits per heavy atom. The maximum absolute atomic E-state index is 12.6. The molecule has 1 heterocycles. The molecule has 3 rings (SSSR count). The van der Waals surface area contributed by atoms with Gasteiger partial charge in [0.1, 0.15) is 0 Å². The maximum Gasteiger partial charge on any atom is 0.240 e. The zero-order valence-electron chi connectivity index (χ0n) is 17.4. The molecule has 1 aliphatic heterocycles. The molecule has 160 valence electrons. The quantitative estimate of drug-likeness (QED) is 0.707.